The van der Waals surface area contributed by atoms with E-state index in [9.17, 15) is 10.1 Å². The number of nitro benzene ring substituents is 1. The molecule has 1 aromatic carbocycles. The molecule has 2 rings (SSSR count). The monoisotopic (exact) mass is 322 g/mol. The summed E-state index contributed by atoms with van der Waals surface area (Å²) in [6.07, 6.45) is 1.67. The lowest BCUT2D eigenvalue weighted by atomic mass is 10.2. The van der Waals surface area contributed by atoms with E-state index >= 15 is 0 Å². The van der Waals surface area contributed by atoms with Crippen LogP contribution in [0.25, 0.3) is 0 Å². The Balaban J connectivity index is 2.34. The van der Waals surface area contributed by atoms with Crippen LogP contribution < -0.4 is 4.74 Å². The van der Waals surface area contributed by atoms with Gasteiger partial charge in [-0.25, -0.2) is 4.98 Å². The first kappa shape index (κ1) is 13.5. The number of nitrogens with zero attached hydrogens (tertiary/aromatic N) is 2. The lowest BCUT2D eigenvalue weighted by molar-refractivity contribution is -0.385. The van der Waals surface area contributed by atoms with Gasteiger partial charge >= 0.3 is 5.69 Å². The molecule has 1 aromatic heterocycles. The predicted octanol–water partition coefficient (Wildman–Crippen LogP) is 3.99. The topological polar surface area (TPSA) is 65.3 Å². The molecule has 0 unspecified atom stereocenters. The van der Waals surface area contributed by atoms with Gasteiger partial charge < -0.3 is 4.74 Å². The largest absolute Gasteiger partial charge is 0.432 e. The van der Waals surface area contributed by atoms with Crippen LogP contribution in [0.1, 0.15) is 11.1 Å². The summed E-state index contributed by atoms with van der Waals surface area (Å²) in [6.45, 7) is 1.85. The molecule has 0 aliphatic carbocycles. The Hall–Kier alpha value is -1.95. The zero-order chi connectivity index (χ0) is 13.8. The van der Waals surface area contributed by atoms with E-state index in [0.717, 1.165) is 11.1 Å². The Kier molecular flexibility index (Phi) is 4.11. The van der Waals surface area contributed by atoms with Crippen molar-refractivity contribution in [2.75, 3.05) is 0 Å². The second kappa shape index (κ2) is 5.79. The van der Waals surface area contributed by atoms with E-state index in [-0.39, 0.29) is 11.4 Å². The van der Waals surface area contributed by atoms with Crippen molar-refractivity contribution in [2.24, 2.45) is 0 Å². The zero-order valence-electron chi connectivity index (χ0n) is 10.2. The summed E-state index contributed by atoms with van der Waals surface area (Å²) in [6, 6.07) is 8.16. The highest BCUT2D eigenvalue weighted by Gasteiger charge is 2.15. The van der Waals surface area contributed by atoms with Crippen molar-refractivity contribution in [1.82, 2.24) is 4.98 Å². The van der Waals surface area contributed by atoms with Crippen LogP contribution in [-0.2, 0) is 5.33 Å². The first-order chi connectivity index (χ1) is 9.11. The van der Waals surface area contributed by atoms with Crippen LogP contribution in [0.15, 0.2) is 36.5 Å². The van der Waals surface area contributed by atoms with E-state index in [4.69, 9.17) is 4.74 Å². The number of para-hydroxylation sites is 2. The minimum Gasteiger partial charge on any atom is -0.432 e. The quantitative estimate of drug-likeness (QED) is 0.485. The molecule has 0 radical (unpaired) electrons. The van der Waals surface area contributed by atoms with Gasteiger partial charge in [0.25, 0.3) is 0 Å². The zero-order valence-corrected chi connectivity index (χ0v) is 11.8. The molecule has 0 spiro atoms. The summed E-state index contributed by atoms with van der Waals surface area (Å²) >= 11 is 3.34. The van der Waals surface area contributed by atoms with Crippen molar-refractivity contribution < 1.29 is 9.66 Å². The molecule has 2 aromatic rings. The summed E-state index contributed by atoms with van der Waals surface area (Å²) in [5, 5.41) is 11.6. The maximum Gasteiger partial charge on any atom is 0.311 e. The number of aryl methyl sites for hydroxylation is 1. The van der Waals surface area contributed by atoms with Crippen LogP contribution in [-0.4, -0.2) is 9.91 Å². The highest BCUT2D eigenvalue weighted by molar-refractivity contribution is 9.08. The van der Waals surface area contributed by atoms with Gasteiger partial charge in [-0.15, -0.1) is 0 Å². The number of nitro groups is 1. The van der Waals surface area contributed by atoms with Gasteiger partial charge in [0.05, 0.1) is 4.92 Å². The Morgan fingerprint density at radius 2 is 2.16 bits per heavy atom. The van der Waals surface area contributed by atoms with Gasteiger partial charge in [-0.3, -0.25) is 10.1 Å². The van der Waals surface area contributed by atoms with E-state index in [0.29, 0.717) is 11.2 Å². The van der Waals surface area contributed by atoms with Crippen LogP contribution in [0.4, 0.5) is 5.69 Å². The van der Waals surface area contributed by atoms with Gasteiger partial charge in [0.2, 0.25) is 11.6 Å². The molecule has 19 heavy (non-hydrogen) atoms. The number of aromatic nitrogens is 1. The van der Waals surface area contributed by atoms with E-state index in [1.54, 1.807) is 24.4 Å². The molecule has 6 heteroatoms. The molecule has 0 aliphatic heterocycles. The fraction of sp³-hybridized carbons (Fsp3) is 0.154. The average molecular weight is 323 g/mol. The van der Waals surface area contributed by atoms with Gasteiger partial charge in [-0.05, 0) is 24.6 Å². The first-order valence-corrected chi connectivity index (χ1v) is 6.66. The molecule has 1 heterocycles. The number of benzene rings is 1. The molecular weight excluding hydrogens is 312 g/mol. The SMILES string of the molecule is Cc1cc(CBr)cnc1Oc1ccccc1[N+](=O)[O-]. The van der Waals surface area contributed by atoms with Gasteiger partial charge in [-0.2, -0.15) is 0 Å². The fourth-order valence-corrected chi connectivity index (χ4v) is 1.91. The molecule has 0 amide bonds. The third kappa shape index (κ3) is 3.08. The summed E-state index contributed by atoms with van der Waals surface area (Å²) in [7, 11) is 0. The van der Waals surface area contributed by atoms with Gasteiger partial charge in [0.1, 0.15) is 0 Å². The summed E-state index contributed by atoms with van der Waals surface area (Å²) < 4.78 is 5.53. The first-order valence-electron chi connectivity index (χ1n) is 5.54. The molecule has 0 N–H and O–H groups in total. The number of halogens is 1. The standard InChI is InChI=1S/C13H11BrN2O3/c1-9-6-10(7-14)8-15-13(9)19-12-5-3-2-4-11(12)16(17)18/h2-6,8H,7H2,1H3. The van der Waals surface area contributed by atoms with Crippen molar-refractivity contribution in [3.63, 3.8) is 0 Å². The van der Waals surface area contributed by atoms with Crippen molar-refractivity contribution in [2.45, 2.75) is 12.3 Å². The second-order valence-electron chi connectivity index (χ2n) is 3.93. The average Bonchev–Trinajstić information content (AvgIpc) is 2.41. The fourth-order valence-electron chi connectivity index (χ4n) is 1.60. The number of pyridine rings is 1. The van der Waals surface area contributed by atoms with Crippen LogP contribution in [0, 0.1) is 17.0 Å². The highest BCUT2D eigenvalue weighted by Crippen LogP contribution is 2.31. The van der Waals surface area contributed by atoms with Gasteiger partial charge in [0, 0.05) is 23.2 Å². The molecule has 5 nitrogen and oxygen atoms in total. The Morgan fingerprint density at radius 1 is 1.42 bits per heavy atom. The molecule has 0 fully saturated rings. The molecular formula is C13H11BrN2O3. The molecule has 0 aliphatic rings. The van der Waals surface area contributed by atoms with Gasteiger partial charge in [-0.1, -0.05) is 28.1 Å². The second-order valence-corrected chi connectivity index (χ2v) is 4.49. The van der Waals surface area contributed by atoms with Crippen molar-refractivity contribution in [1.29, 1.82) is 0 Å². The van der Waals surface area contributed by atoms with Crippen LogP contribution in [0.2, 0.25) is 0 Å². The van der Waals surface area contributed by atoms with Crippen LogP contribution >= 0.6 is 15.9 Å². The number of rotatable bonds is 4. The van der Waals surface area contributed by atoms with E-state index in [1.807, 2.05) is 13.0 Å². The van der Waals surface area contributed by atoms with Crippen LogP contribution in [0.5, 0.6) is 11.6 Å². The maximum absolute atomic E-state index is 10.9. The smallest absolute Gasteiger partial charge is 0.311 e. The third-order valence-corrected chi connectivity index (χ3v) is 3.16. The van der Waals surface area contributed by atoms with Crippen molar-refractivity contribution >= 4 is 21.6 Å². The van der Waals surface area contributed by atoms with E-state index < -0.39 is 4.92 Å². The number of hydrogen-bond donors (Lipinski definition) is 0. The summed E-state index contributed by atoms with van der Waals surface area (Å²) in [5.74, 6) is 0.564. The van der Waals surface area contributed by atoms with Gasteiger partial charge in [0.15, 0.2) is 0 Å². The molecule has 0 bridgehead atoms. The normalized spacial score (nSPS) is 10.2. The minimum atomic E-state index is -0.475. The maximum atomic E-state index is 10.9. The number of ether oxygens (including phenoxy) is 1. The lowest BCUT2D eigenvalue weighted by Gasteiger charge is -2.08. The lowest BCUT2D eigenvalue weighted by Crippen LogP contribution is -1.96. The van der Waals surface area contributed by atoms with Crippen molar-refractivity contribution in [3.8, 4) is 11.6 Å². The molecule has 0 saturated carbocycles. The predicted molar refractivity (Wildman–Crippen MR) is 74.8 cm³/mol. The molecule has 0 saturated heterocycles. The summed E-state index contributed by atoms with van der Waals surface area (Å²) in [4.78, 5) is 14.6. The Labute approximate surface area is 118 Å². The van der Waals surface area contributed by atoms with Crippen LogP contribution in [0.3, 0.4) is 0 Å². The van der Waals surface area contributed by atoms with E-state index in [2.05, 4.69) is 20.9 Å². The third-order valence-electron chi connectivity index (χ3n) is 2.51. The Morgan fingerprint density at radius 3 is 2.79 bits per heavy atom. The summed E-state index contributed by atoms with van der Waals surface area (Å²) in [5.41, 5.74) is 1.77. The van der Waals surface area contributed by atoms with Crippen molar-refractivity contribution in [3.05, 3.63) is 57.8 Å². The minimum absolute atomic E-state index is 0.0757. The molecule has 0 atom stereocenters. The number of hydrogen-bond acceptors (Lipinski definition) is 4. The van der Waals surface area contributed by atoms with E-state index in [1.165, 1.54) is 6.07 Å². The molecule has 98 valence electrons. The highest BCUT2D eigenvalue weighted by atomic mass is 79.9. The Bertz CT molecular complexity index is 617. The number of alkyl halides is 1.